The third-order valence-corrected chi connectivity index (χ3v) is 4.88. The van der Waals surface area contributed by atoms with Gasteiger partial charge in [0.2, 0.25) is 11.8 Å². The predicted molar refractivity (Wildman–Crippen MR) is 99.7 cm³/mol. The lowest BCUT2D eigenvalue weighted by molar-refractivity contribution is -0.128. The Labute approximate surface area is 156 Å². The Morgan fingerprint density at radius 1 is 1.15 bits per heavy atom. The minimum Gasteiger partial charge on any atom is -0.477 e. The van der Waals surface area contributed by atoms with Crippen LogP contribution in [0, 0.1) is 0 Å². The molecule has 2 aromatic carbocycles. The van der Waals surface area contributed by atoms with Crippen LogP contribution in [-0.2, 0) is 14.4 Å². The SMILES string of the molecule is CNC(=O)C1CN(C(=O)C2CC(=O)Nc3ccccc32)c2ccccc2O1. The molecule has 0 saturated carbocycles. The highest BCUT2D eigenvalue weighted by Crippen LogP contribution is 2.38. The van der Waals surface area contributed by atoms with Crippen molar-refractivity contribution in [2.45, 2.75) is 18.4 Å². The van der Waals surface area contributed by atoms with Gasteiger partial charge in [-0.2, -0.15) is 0 Å². The average Bonchev–Trinajstić information content (AvgIpc) is 2.71. The second-order valence-corrected chi connectivity index (χ2v) is 6.53. The number of rotatable bonds is 2. The number of para-hydroxylation sites is 3. The molecule has 0 radical (unpaired) electrons. The summed E-state index contributed by atoms with van der Waals surface area (Å²) in [6.07, 6.45) is -0.735. The van der Waals surface area contributed by atoms with Gasteiger partial charge in [0.15, 0.2) is 6.10 Å². The molecule has 0 aromatic heterocycles. The molecule has 2 heterocycles. The second kappa shape index (κ2) is 6.75. The number of nitrogens with zero attached hydrogens (tertiary/aromatic N) is 1. The molecule has 138 valence electrons. The summed E-state index contributed by atoms with van der Waals surface area (Å²) in [7, 11) is 1.53. The van der Waals surface area contributed by atoms with Crippen molar-refractivity contribution in [2.24, 2.45) is 0 Å². The first kappa shape index (κ1) is 17.1. The van der Waals surface area contributed by atoms with Gasteiger partial charge in [-0.05, 0) is 23.8 Å². The molecular weight excluding hydrogens is 346 g/mol. The Hall–Kier alpha value is -3.35. The van der Waals surface area contributed by atoms with E-state index in [1.165, 1.54) is 7.05 Å². The Balaban J connectivity index is 1.73. The largest absolute Gasteiger partial charge is 0.477 e. The van der Waals surface area contributed by atoms with Gasteiger partial charge in [-0.1, -0.05) is 30.3 Å². The highest BCUT2D eigenvalue weighted by atomic mass is 16.5. The Bertz CT molecular complexity index is 927. The van der Waals surface area contributed by atoms with E-state index in [1.54, 1.807) is 29.2 Å². The van der Waals surface area contributed by atoms with Crippen LogP contribution in [-0.4, -0.2) is 37.4 Å². The van der Waals surface area contributed by atoms with Crippen LogP contribution in [0.3, 0.4) is 0 Å². The van der Waals surface area contributed by atoms with Crippen molar-refractivity contribution < 1.29 is 19.1 Å². The fourth-order valence-electron chi connectivity index (χ4n) is 3.56. The summed E-state index contributed by atoms with van der Waals surface area (Å²) >= 11 is 0. The number of anilines is 2. The molecule has 2 aromatic rings. The molecule has 0 fully saturated rings. The number of fused-ring (bicyclic) bond motifs is 2. The summed E-state index contributed by atoms with van der Waals surface area (Å²) in [5.41, 5.74) is 2.03. The van der Waals surface area contributed by atoms with Crippen molar-refractivity contribution in [3.8, 4) is 5.75 Å². The molecule has 0 aliphatic carbocycles. The molecule has 2 atom stereocenters. The summed E-state index contributed by atoms with van der Waals surface area (Å²) < 4.78 is 5.76. The smallest absolute Gasteiger partial charge is 0.262 e. The highest BCUT2D eigenvalue weighted by Gasteiger charge is 2.39. The number of amides is 3. The monoisotopic (exact) mass is 365 g/mol. The van der Waals surface area contributed by atoms with Gasteiger partial charge in [0.05, 0.1) is 18.2 Å². The van der Waals surface area contributed by atoms with Crippen molar-refractivity contribution in [1.82, 2.24) is 5.32 Å². The summed E-state index contributed by atoms with van der Waals surface area (Å²) in [5.74, 6) is -0.854. The van der Waals surface area contributed by atoms with E-state index in [2.05, 4.69) is 10.6 Å². The number of likely N-dealkylation sites (N-methyl/N-ethyl adjacent to an activating group) is 1. The first-order valence-electron chi connectivity index (χ1n) is 8.76. The van der Waals surface area contributed by atoms with Crippen molar-refractivity contribution in [2.75, 3.05) is 23.8 Å². The maximum atomic E-state index is 13.4. The van der Waals surface area contributed by atoms with Crippen LogP contribution in [0.15, 0.2) is 48.5 Å². The minimum absolute atomic E-state index is 0.0695. The van der Waals surface area contributed by atoms with Crippen molar-refractivity contribution >= 4 is 29.1 Å². The van der Waals surface area contributed by atoms with Crippen molar-refractivity contribution in [3.05, 3.63) is 54.1 Å². The molecule has 2 N–H and O–H groups in total. The quantitative estimate of drug-likeness (QED) is 0.847. The van der Waals surface area contributed by atoms with E-state index < -0.39 is 12.0 Å². The number of ether oxygens (including phenoxy) is 1. The van der Waals surface area contributed by atoms with E-state index in [9.17, 15) is 14.4 Å². The molecule has 2 aliphatic heterocycles. The Morgan fingerprint density at radius 2 is 1.89 bits per heavy atom. The molecule has 0 spiro atoms. The third kappa shape index (κ3) is 3.01. The van der Waals surface area contributed by atoms with Gasteiger partial charge in [-0.25, -0.2) is 0 Å². The Kier molecular flexibility index (Phi) is 4.27. The fraction of sp³-hybridized carbons (Fsp3) is 0.250. The van der Waals surface area contributed by atoms with Crippen LogP contribution in [0.25, 0.3) is 0 Å². The van der Waals surface area contributed by atoms with E-state index in [1.807, 2.05) is 24.3 Å². The van der Waals surface area contributed by atoms with Gasteiger partial charge in [0.25, 0.3) is 5.91 Å². The summed E-state index contributed by atoms with van der Waals surface area (Å²) in [6.45, 7) is 0.0931. The lowest BCUT2D eigenvalue weighted by Crippen LogP contribution is -2.51. The maximum absolute atomic E-state index is 13.4. The van der Waals surface area contributed by atoms with Gasteiger partial charge in [0.1, 0.15) is 5.75 Å². The summed E-state index contributed by atoms with van der Waals surface area (Å²) in [6, 6.07) is 14.4. The zero-order chi connectivity index (χ0) is 19.0. The van der Waals surface area contributed by atoms with E-state index in [0.29, 0.717) is 17.1 Å². The molecule has 4 rings (SSSR count). The van der Waals surface area contributed by atoms with Gasteiger partial charge in [-0.3, -0.25) is 14.4 Å². The molecule has 27 heavy (non-hydrogen) atoms. The van der Waals surface area contributed by atoms with Gasteiger partial charge in [-0.15, -0.1) is 0 Å². The Morgan fingerprint density at radius 3 is 2.70 bits per heavy atom. The fourth-order valence-corrected chi connectivity index (χ4v) is 3.56. The van der Waals surface area contributed by atoms with Gasteiger partial charge < -0.3 is 20.3 Å². The predicted octanol–water partition coefficient (Wildman–Crippen LogP) is 1.65. The topological polar surface area (TPSA) is 87.7 Å². The second-order valence-electron chi connectivity index (χ2n) is 6.53. The minimum atomic E-state index is -0.804. The van der Waals surface area contributed by atoms with Crippen LogP contribution in [0.1, 0.15) is 17.9 Å². The number of nitrogens with one attached hydrogen (secondary N) is 2. The normalized spacial score (nSPS) is 20.6. The molecule has 2 aliphatic rings. The maximum Gasteiger partial charge on any atom is 0.262 e. The number of hydrogen-bond acceptors (Lipinski definition) is 4. The molecule has 0 bridgehead atoms. The number of hydrogen-bond donors (Lipinski definition) is 2. The first-order chi connectivity index (χ1) is 13.1. The van der Waals surface area contributed by atoms with Crippen LogP contribution in [0.2, 0.25) is 0 Å². The number of benzene rings is 2. The van der Waals surface area contributed by atoms with E-state index >= 15 is 0 Å². The van der Waals surface area contributed by atoms with Crippen LogP contribution >= 0.6 is 0 Å². The molecule has 0 saturated heterocycles. The highest BCUT2D eigenvalue weighted by molar-refractivity contribution is 6.07. The molecule has 2 unspecified atom stereocenters. The lowest BCUT2D eigenvalue weighted by Gasteiger charge is -2.37. The van der Waals surface area contributed by atoms with Crippen LogP contribution < -0.4 is 20.3 Å². The van der Waals surface area contributed by atoms with Crippen LogP contribution in [0.4, 0.5) is 11.4 Å². The van der Waals surface area contributed by atoms with Crippen molar-refractivity contribution in [3.63, 3.8) is 0 Å². The molecule has 7 nitrogen and oxygen atoms in total. The molecular formula is C20H19N3O4. The zero-order valence-corrected chi connectivity index (χ0v) is 14.8. The first-order valence-corrected chi connectivity index (χ1v) is 8.76. The van der Waals surface area contributed by atoms with Gasteiger partial charge in [0, 0.05) is 19.2 Å². The lowest BCUT2D eigenvalue weighted by atomic mass is 9.89. The van der Waals surface area contributed by atoms with E-state index in [-0.39, 0.29) is 30.7 Å². The standard InChI is InChI=1S/C20H19N3O4/c1-21-19(25)17-11-23(15-8-4-5-9-16(15)27-17)20(26)13-10-18(24)22-14-7-3-2-6-12(13)14/h2-9,13,17H,10-11H2,1H3,(H,21,25)(H,22,24). The number of carbonyl (C=O) groups excluding carboxylic acids is 3. The van der Waals surface area contributed by atoms with E-state index in [4.69, 9.17) is 4.74 Å². The molecule has 3 amide bonds. The average molecular weight is 365 g/mol. The van der Waals surface area contributed by atoms with Crippen LogP contribution in [0.5, 0.6) is 5.75 Å². The molecule has 7 heteroatoms. The number of carbonyl (C=O) groups is 3. The van der Waals surface area contributed by atoms with Crippen molar-refractivity contribution in [1.29, 1.82) is 0 Å². The summed E-state index contributed by atoms with van der Waals surface area (Å²) in [5, 5.41) is 5.37. The van der Waals surface area contributed by atoms with Gasteiger partial charge >= 0.3 is 0 Å². The zero-order valence-electron chi connectivity index (χ0n) is 14.8. The summed E-state index contributed by atoms with van der Waals surface area (Å²) in [4.78, 5) is 39.2. The third-order valence-electron chi connectivity index (χ3n) is 4.88. The van der Waals surface area contributed by atoms with E-state index in [0.717, 1.165) is 5.56 Å².